The van der Waals surface area contributed by atoms with Gasteiger partial charge in [0.1, 0.15) is 0 Å². The van der Waals surface area contributed by atoms with Gasteiger partial charge in [0.2, 0.25) is 0 Å². The fourth-order valence-electron chi connectivity index (χ4n) is 2.54. The molecule has 1 aromatic carbocycles. The molecule has 0 spiro atoms. The molecule has 2 rings (SSSR count). The first-order chi connectivity index (χ1) is 9.00. The highest BCUT2D eigenvalue weighted by molar-refractivity contribution is 5.96. The monoisotopic (exact) mass is 260 g/mol. The Bertz CT molecular complexity index is 440. The van der Waals surface area contributed by atoms with E-state index >= 15 is 0 Å². The third-order valence-electron chi connectivity index (χ3n) is 3.59. The second-order valence-corrected chi connectivity index (χ2v) is 6.19. The number of carbonyl (C=O) groups is 1. The Hall–Kier alpha value is -1.35. The number of carbonyl (C=O) groups excluding carboxylic acids is 1. The molecule has 1 fully saturated rings. The standard InChI is InChI=1S/C16H24N2O/c1-16(2,3)14-8-5-4-7-13(14)15(19)18-11-6-9-17-10-12-18/h4-5,7-8,17H,6,9-12H2,1-3H3. The van der Waals surface area contributed by atoms with Crippen LogP contribution < -0.4 is 5.32 Å². The number of nitrogens with zero attached hydrogens (tertiary/aromatic N) is 1. The van der Waals surface area contributed by atoms with E-state index in [4.69, 9.17) is 0 Å². The van der Waals surface area contributed by atoms with Gasteiger partial charge < -0.3 is 10.2 Å². The highest BCUT2D eigenvalue weighted by Crippen LogP contribution is 2.26. The zero-order valence-electron chi connectivity index (χ0n) is 12.2. The normalized spacial score (nSPS) is 17.1. The molecule has 3 nitrogen and oxygen atoms in total. The molecule has 0 aliphatic carbocycles. The summed E-state index contributed by atoms with van der Waals surface area (Å²) in [5.74, 6) is 0.175. The molecular weight excluding hydrogens is 236 g/mol. The van der Waals surface area contributed by atoms with Crippen molar-refractivity contribution in [2.45, 2.75) is 32.6 Å². The molecule has 1 amide bonds. The summed E-state index contributed by atoms with van der Waals surface area (Å²) in [7, 11) is 0. The summed E-state index contributed by atoms with van der Waals surface area (Å²) in [4.78, 5) is 14.7. The molecule has 0 radical (unpaired) electrons. The quantitative estimate of drug-likeness (QED) is 0.841. The lowest BCUT2D eigenvalue weighted by atomic mass is 9.83. The number of hydrogen-bond donors (Lipinski definition) is 1. The summed E-state index contributed by atoms with van der Waals surface area (Å²) < 4.78 is 0. The molecule has 3 heteroatoms. The number of amides is 1. The molecule has 19 heavy (non-hydrogen) atoms. The molecule has 0 atom stereocenters. The maximum absolute atomic E-state index is 12.7. The summed E-state index contributed by atoms with van der Waals surface area (Å²) in [6.45, 7) is 10.0. The molecule has 1 saturated heterocycles. The SMILES string of the molecule is CC(C)(C)c1ccccc1C(=O)N1CCCNCC1. The van der Waals surface area contributed by atoms with Gasteiger partial charge in [-0.3, -0.25) is 4.79 Å². The van der Waals surface area contributed by atoms with Crippen LogP contribution >= 0.6 is 0 Å². The second-order valence-electron chi connectivity index (χ2n) is 6.19. The Morgan fingerprint density at radius 1 is 1.16 bits per heavy atom. The van der Waals surface area contributed by atoms with E-state index in [0.29, 0.717) is 0 Å². The van der Waals surface area contributed by atoms with Gasteiger partial charge >= 0.3 is 0 Å². The molecule has 0 aromatic heterocycles. The van der Waals surface area contributed by atoms with E-state index in [9.17, 15) is 4.79 Å². The Labute approximate surface area is 116 Å². The molecule has 1 aliphatic heterocycles. The van der Waals surface area contributed by atoms with Crippen molar-refractivity contribution in [3.63, 3.8) is 0 Å². The average molecular weight is 260 g/mol. The van der Waals surface area contributed by atoms with E-state index in [1.54, 1.807) is 0 Å². The van der Waals surface area contributed by atoms with Crippen LogP contribution in [0.2, 0.25) is 0 Å². The van der Waals surface area contributed by atoms with Crippen molar-refractivity contribution < 1.29 is 4.79 Å². The van der Waals surface area contributed by atoms with Crippen LogP contribution in [0.3, 0.4) is 0 Å². The zero-order chi connectivity index (χ0) is 13.9. The van der Waals surface area contributed by atoms with Crippen LogP contribution in [0.15, 0.2) is 24.3 Å². The summed E-state index contributed by atoms with van der Waals surface area (Å²) in [6.07, 6.45) is 1.03. The van der Waals surface area contributed by atoms with Gasteiger partial charge in [-0.05, 0) is 30.0 Å². The molecule has 104 valence electrons. The van der Waals surface area contributed by atoms with Crippen molar-refractivity contribution in [1.82, 2.24) is 10.2 Å². The molecule has 0 unspecified atom stereocenters. The van der Waals surface area contributed by atoms with Gasteiger partial charge in [0.05, 0.1) is 0 Å². The van der Waals surface area contributed by atoms with Crippen LogP contribution in [-0.2, 0) is 5.41 Å². The average Bonchev–Trinajstić information content (AvgIpc) is 2.66. The Balaban J connectivity index is 2.28. The maximum Gasteiger partial charge on any atom is 0.254 e. The van der Waals surface area contributed by atoms with Gasteiger partial charge in [-0.25, -0.2) is 0 Å². The number of nitrogens with one attached hydrogen (secondary N) is 1. The smallest absolute Gasteiger partial charge is 0.254 e. The minimum atomic E-state index is -0.00362. The van der Waals surface area contributed by atoms with Crippen molar-refractivity contribution in [3.05, 3.63) is 35.4 Å². The Morgan fingerprint density at radius 3 is 2.63 bits per heavy atom. The van der Waals surface area contributed by atoms with Crippen LogP contribution in [0, 0.1) is 0 Å². The summed E-state index contributed by atoms with van der Waals surface area (Å²) in [6, 6.07) is 8.00. The number of hydrogen-bond acceptors (Lipinski definition) is 2. The summed E-state index contributed by atoms with van der Waals surface area (Å²) in [5.41, 5.74) is 1.99. The first-order valence-electron chi connectivity index (χ1n) is 7.09. The van der Waals surface area contributed by atoms with Gasteiger partial charge in [0.25, 0.3) is 5.91 Å². The van der Waals surface area contributed by atoms with Crippen molar-refractivity contribution >= 4 is 5.91 Å². The highest BCUT2D eigenvalue weighted by Gasteiger charge is 2.24. The topological polar surface area (TPSA) is 32.3 Å². The summed E-state index contributed by atoms with van der Waals surface area (Å²) >= 11 is 0. The molecule has 0 saturated carbocycles. The lowest BCUT2D eigenvalue weighted by molar-refractivity contribution is 0.0764. The number of rotatable bonds is 1. The lowest BCUT2D eigenvalue weighted by Crippen LogP contribution is -2.35. The predicted molar refractivity (Wildman–Crippen MR) is 78.5 cm³/mol. The zero-order valence-corrected chi connectivity index (χ0v) is 12.2. The number of benzene rings is 1. The molecule has 1 aromatic rings. The van der Waals surface area contributed by atoms with Gasteiger partial charge in [-0.15, -0.1) is 0 Å². The third kappa shape index (κ3) is 3.35. The Kier molecular flexibility index (Phi) is 4.25. The fraction of sp³-hybridized carbons (Fsp3) is 0.562. The second kappa shape index (κ2) is 5.74. The molecule has 1 N–H and O–H groups in total. The first-order valence-corrected chi connectivity index (χ1v) is 7.09. The largest absolute Gasteiger partial charge is 0.337 e. The van der Waals surface area contributed by atoms with E-state index in [1.165, 1.54) is 0 Å². The van der Waals surface area contributed by atoms with Crippen molar-refractivity contribution in [2.75, 3.05) is 26.2 Å². The van der Waals surface area contributed by atoms with Crippen molar-refractivity contribution in [2.24, 2.45) is 0 Å². The van der Waals surface area contributed by atoms with Gasteiger partial charge in [0.15, 0.2) is 0 Å². The lowest BCUT2D eigenvalue weighted by Gasteiger charge is -2.26. The van der Waals surface area contributed by atoms with Crippen LogP contribution in [-0.4, -0.2) is 37.0 Å². The van der Waals surface area contributed by atoms with Crippen LogP contribution in [0.5, 0.6) is 0 Å². The van der Waals surface area contributed by atoms with Gasteiger partial charge in [-0.1, -0.05) is 39.0 Å². The van der Waals surface area contributed by atoms with E-state index in [-0.39, 0.29) is 11.3 Å². The molecule has 1 heterocycles. The molecule has 1 aliphatic rings. The van der Waals surface area contributed by atoms with Gasteiger partial charge in [0, 0.05) is 25.2 Å². The van der Waals surface area contributed by atoms with Gasteiger partial charge in [-0.2, -0.15) is 0 Å². The van der Waals surface area contributed by atoms with E-state index in [2.05, 4.69) is 32.2 Å². The predicted octanol–water partition coefficient (Wildman–Crippen LogP) is 2.42. The first kappa shape index (κ1) is 14.1. The molecule has 0 bridgehead atoms. The Morgan fingerprint density at radius 2 is 1.89 bits per heavy atom. The minimum Gasteiger partial charge on any atom is -0.337 e. The van der Waals surface area contributed by atoms with E-state index in [0.717, 1.165) is 43.7 Å². The van der Waals surface area contributed by atoms with Crippen LogP contribution in [0.4, 0.5) is 0 Å². The maximum atomic E-state index is 12.7. The summed E-state index contributed by atoms with van der Waals surface area (Å²) in [5, 5.41) is 3.33. The third-order valence-corrected chi connectivity index (χ3v) is 3.59. The van der Waals surface area contributed by atoms with Crippen molar-refractivity contribution in [3.8, 4) is 0 Å². The highest BCUT2D eigenvalue weighted by atomic mass is 16.2. The van der Waals surface area contributed by atoms with E-state index in [1.807, 2.05) is 23.1 Å². The van der Waals surface area contributed by atoms with Crippen molar-refractivity contribution in [1.29, 1.82) is 0 Å². The van der Waals surface area contributed by atoms with E-state index < -0.39 is 0 Å². The minimum absolute atomic E-state index is 0.00362. The molecular formula is C16H24N2O. The van der Waals surface area contributed by atoms with Crippen LogP contribution in [0.1, 0.15) is 43.1 Å². The fourth-order valence-corrected chi connectivity index (χ4v) is 2.54. The van der Waals surface area contributed by atoms with Crippen LogP contribution in [0.25, 0.3) is 0 Å².